The first kappa shape index (κ1) is 24.8. The van der Waals surface area contributed by atoms with Crippen molar-refractivity contribution in [3.8, 4) is 27.8 Å². The van der Waals surface area contributed by atoms with E-state index < -0.39 is 0 Å². The van der Waals surface area contributed by atoms with Gasteiger partial charge in [-0.25, -0.2) is 4.98 Å². The first-order valence-electron chi connectivity index (χ1n) is 11.9. The average molecular weight is 498 g/mol. The number of anilines is 2. The summed E-state index contributed by atoms with van der Waals surface area (Å²) in [6.07, 6.45) is 0. The highest BCUT2D eigenvalue weighted by molar-refractivity contribution is 7.13. The van der Waals surface area contributed by atoms with Gasteiger partial charge in [-0.1, -0.05) is 0 Å². The Morgan fingerprint density at radius 1 is 1.00 bits per heavy atom. The van der Waals surface area contributed by atoms with Crippen LogP contribution in [-0.4, -0.2) is 57.0 Å². The van der Waals surface area contributed by atoms with Gasteiger partial charge in [0, 0.05) is 36.2 Å². The van der Waals surface area contributed by atoms with E-state index in [9.17, 15) is 4.79 Å². The number of morpholine rings is 1. The normalized spacial score (nSPS) is 13.4. The molecule has 9 heteroatoms. The molecular formula is C26H31N3O5S. The molecule has 0 spiro atoms. The number of amides is 1. The number of benzene rings is 2. The van der Waals surface area contributed by atoms with Gasteiger partial charge in [0.1, 0.15) is 28.0 Å². The van der Waals surface area contributed by atoms with E-state index in [2.05, 4.69) is 15.2 Å². The van der Waals surface area contributed by atoms with Crippen LogP contribution in [0, 0.1) is 0 Å². The van der Waals surface area contributed by atoms with Gasteiger partial charge in [0.05, 0.1) is 44.4 Å². The molecule has 4 rings (SSSR count). The van der Waals surface area contributed by atoms with Crippen molar-refractivity contribution in [1.82, 2.24) is 4.98 Å². The van der Waals surface area contributed by atoms with E-state index in [1.165, 1.54) is 11.3 Å². The van der Waals surface area contributed by atoms with Crippen LogP contribution in [0.4, 0.5) is 11.4 Å². The van der Waals surface area contributed by atoms with Crippen molar-refractivity contribution in [2.45, 2.75) is 20.8 Å². The van der Waals surface area contributed by atoms with Crippen LogP contribution >= 0.6 is 11.3 Å². The van der Waals surface area contributed by atoms with Crippen LogP contribution in [0.5, 0.6) is 17.2 Å². The molecular weight excluding hydrogens is 466 g/mol. The predicted molar refractivity (Wildman–Crippen MR) is 138 cm³/mol. The molecule has 8 nitrogen and oxygen atoms in total. The topological polar surface area (TPSA) is 82.2 Å². The van der Waals surface area contributed by atoms with Gasteiger partial charge in [0.25, 0.3) is 5.91 Å². The minimum atomic E-state index is -0.305. The van der Waals surface area contributed by atoms with E-state index in [-0.39, 0.29) is 5.91 Å². The van der Waals surface area contributed by atoms with Crippen LogP contribution in [0.15, 0.2) is 41.8 Å². The van der Waals surface area contributed by atoms with E-state index >= 15 is 0 Å². The smallest absolute Gasteiger partial charge is 0.275 e. The van der Waals surface area contributed by atoms with Gasteiger partial charge in [-0.2, -0.15) is 0 Å². The monoisotopic (exact) mass is 497 g/mol. The fraction of sp³-hybridized carbons (Fsp3) is 0.385. The molecule has 35 heavy (non-hydrogen) atoms. The Kier molecular flexibility index (Phi) is 8.44. The third kappa shape index (κ3) is 6.04. The summed E-state index contributed by atoms with van der Waals surface area (Å²) in [5, 5.41) is 5.49. The maximum Gasteiger partial charge on any atom is 0.275 e. The second kappa shape index (κ2) is 11.9. The zero-order valence-electron chi connectivity index (χ0n) is 20.3. The van der Waals surface area contributed by atoms with E-state index in [1.54, 1.807) is 5.38 Å². The molecule has 2 aromatic carbocycles. The van der Waals surface area contributed by atoms with E-state index in [0.717, 1.165) is 35.1 Å². The summed E-state index contributed by atoms with van der Waals surface area (Å²) in [5.41, 5.74) is 2.76. The highest BCUT2D eigenvalue weighted by atomic mass is 32.1. The van der Waals surface area contributed by atoms with Crippen molar-refractivity contribution in [3.63, 3.8) is 0 Å². The summed E-state index contributed by atoms with van der Waals surface area (Å²) >= 11 is 1.42. The van der Waals surface area contributed by atoms with Crippen LogP contribution < -0.4 is 24.4 Å². The van der Waals surface area contributed by atoms with Crippen molar-refractivity contribution in [3.05, 3.63) is 47.5 Å². The van der Waals surface area contributed by atoms with Gasteiger partial charge in [0.15, 0.2) is 0 Å². The molecule has 0 saturated carbocycles. The molecule has 1 aliphatic rings. The molecule has 2 heterocycles. The van der Waals surface area contributed by atoms with Gasteiger partial charge >= 0.3 is 0 Å². The molecule has 1 saturated heterocycles. The Balaban J connectivity index is 1.56. The lowest BCUT2D eigenvalue weighted by atomic mass is 10.2. The second-order valence-electron chi connectivity index (χ2n) is 7.73. The minimum Gasteiger partial charge on any atom is -0.494 e. The SMILES string of the molecule is CCOc1ccc(-c2nc(C(=O)Nc3cc(OCC)c(N4CCOCC4)cc3OCC)cs2)cc1. The third-order valence-electron chi connectivity index (χ3n) is 5.41. The summed E-state index contributed by atoms with van der Waals surface area (Å²) in [5.74, 6) is 1.79. The lowest BCUT2D eigenvalue weighted by Gasteiger charge is -2.31. The van der Waals surface area contributed by atoms with Gasteiger partial charge in [-0.05, 0) is 45.0 Å². The Labute approximate surface area is 209 Å². The standard InChI is InChI=1S/C26H31N3O5S/c1-4-32-19-9-7-18(8-10-19)26-28-21(17-35-26)25(30)27-20-15-24(34-6-3)22(16-23(20)33-5-2)29-11-13-31-14-12-29/h7-10,15-17H,4-6,11-14H2,1-3H3,(H,27,30). The Morgan fingerprint density at radius 3 is 2.37 bits per heavy atom. The van der Waals surface area contributed by atoms with Gasteiger partial charge in [-0.3, -0.25) is 4.79 Å². The largest absolute Gasteiger partial charge is 0.494 e. The van der Waals surface area contributed by atoms with Crippen LogP contribution in [0.2, 0.25) is 0 Å². The summed E-state index contributed by atoms with van der Waals surface area (Å²) in [6.45, 7) is 10.3. The van der Waals surface area contributed by atoms with Crippen molar-refractivity contribution in [1.29, 1.82) is 0 Å². The zero-order valence-corrected chi connectivity index (χ0v) is 21.2. The lowest BCUT2D eigenvalue weighted by Crippen LogP contribution is -2.36. The summed E-state index contributed by atoms with van der Waals surface area (Å²) in [6, 6.07) is 11.5. The molecule has 1 N–H and O–H groups in total. The van der Waals surface area contributed by atoms with Gasteiger partial charge in [-0.15, -0.1) is 11.3 Å². The van der Waals surface area contributed by atoms with E-state index in [0.29, 0.717) is 55.9 Å². The van der Waals surface area contributed by atoms with Crippen LogP contribution in [-0.2, 0) is 4.74 Å². The van der Waals surface area contributed by atoms with Crippen molar-refractivity contribution in [2.75, 3.05) is 56.3 Å². The zero-order chi connectivity index (χ0) is 24.6. The molecule has 3 aromatic rings. The lowest BCUT2D eigenvalue weighted by molar-refractivity contribution is 0.102. The molecule has 1 aliphatic heterocycles. The number of ether oxygens (including phenoxy) is 4. The quantitative estimate of drug-likeness (QED) is 0.418. The summed E-state index contributed by atoms with van der Waals surface area (Å²) in [4.78, 5) is 19.9. The molecule has 0 unspecified atom stereocenters. The minimum absolute atomic E-state index is 0.305. The van der Waals surface area contributed by atoms with Crippen LogP contribution in [0.3, 0.4) is 0 Å². The number of nitrogens with one attached hydrogen (secondary N) is 1. The molecule has 0 bridgehead atoms. The van der Waals surface area contributed by atoms with E-state index in [1.807, 2.05) is 57.2 Å². The van der Waals surface area contributed by atoms with Gasteiger partial charge in [0.2, 0.25) is 0 Å². The summed E-state index contributed by atoms with van der Waals surface area (Å²) < 4.78 is 22.8. The molecule has 1 aromatic heterocycles. The Hall–Kier alpha value is -3.30. The van der Waals surface area contributed by atoms with Gasteiger partial charge < -0.3 is 29.2 Å². The molecule has 0 atom stereocenters. The van der Waals surface area contributed by atoms with Crippen molar-refractivity contribution < 1.29 is 23.7 Å². The number of aromatic nitrogens is 1. The van der Waals surface area contributed by atoms with Crippen LogP contribution in [0.25, 0.3) is 10.6 Å². The summed E-state index contributed by atoms with van der Waals surface area (Å²) in [7, 11) is 0. The number of thiazole rings is 1. The molecule has 186 valence electrons. The fourth-order valence-corrected chi connectivity index (χ4v) is 4.61. The number of hydrogen-bond acceptors (Lipinski definition) is 8. The third-order valence-corrected chi connectivity index (χ3v) is 6.30. The maximum atomic E-state index is 13.1. The number of rotatable bonds is 10. The first-order valence-corrected chi connectivity index (χ1v) is 12.8. The van der Waals surface area contributed by atoms with Crippen molar-refractivity contribution in [2.24, 2.45) is 0 Å². The number of carbonyl (C=O) groups excluding carboxylic acids is 1. The Morgan fingerprint density at radius 2 is 1.69 bits per heavy atom. The van der Waals surface area contributed by atoms with E-state index in [4.69, 9.17) is 18.9 Å². The molecule has 0 radical (unpaired) electrons. The number of hydrogen-bond donors (Lipinski definition) is 1. The first-order chi connectivity index (χ1) is 17.1. The molecule has 1 amide bonds. The predicted octanol–water partition coefficient (Wildman–Crippen LogP) is 5.10. The second-order valence-corrected chi connectivity index (χ2v) is 8.59. The average Bonchev–Trinajstić information content (AvgIpc) is 3.37. The maximum absolute atomic E-state index is 13.1. The Bertz CT molecular complexity index is 1130. The molecule has 0 aliphatic carbocycles. The number of nitrogens with zero attached hydrogens (tertiary/aromatic N) is 2. The highest BCUT2D eigenvalue weighted by Crippen LogP contribution is 2.39. The number of carbonyl (C=O) groups is 1. The fourth-order valence-electron chi connectivity index (χ4n) is 3.80. The molecule has 1 fully saturated rings. The highest BCUT2D eigenvalue weighted by Gasteiger charge is 2.21. The van der Waals surface area contributed by atoms with Crippen molar-refractivity contribution >= 4 is 28.6 Å². The van der Waals surface area contributed by atoms with Crippen LogP contribution in [0.1, 0.15) is 31.3 Å².